The number of carbonyl (C=O) groups is 2. The van der Waals surface area contributed by atoms with Gasteiger partial charge in [0.25, 0.3) is 0 Å². The largest absolute Gasteiger partial charge is 0.395 e. The van der Waals surface area contributed by atoms with Gasteiger partial charge in [-0.15, -0.1) is 11.8 Å². The van der Waals surface area contributed by atoms with Crippen LogP contribution in [0.2, 0.25) is 0 Å². The van der Waals surface area contributed by atoms with E-state index < -0.39 is 0 Å². The van der Waals surface area contributed by atoms with E-state index in [-0.39, 0.29) is 37.3 Å². The number of carbonyl (C=O) groups excluding carboxylic acids is 2. The van der Waals surface area contributed by atoms with Crippen LogP contribution in [0.4, 0.5) is 5.69 Å². The topological polar surface area (TPSA) is 69.6 Å². The first kappa shape index (κ1) is 14.9. The summed E-state index contributed by atoms with van der Waals surface area (Å²) in [6, 6.07) is 7.73. The van der Waals surface area contributed by atoms with Crippen molar-refractivity contribution in [3.8, 4) is 0 Å². The van der Waals surface area contributed by atoms with Crippen molar-refractivity contribution < 1.29 is 14.7 Å². The summed E-state index contributed by atoms with van der Waals surface area (Å²) in [5.41, 5.74) is 0.824. The van der Waals surface area contributed by atoms with E-state index in [9.17, 15) is 9.59 Å². The molecular weight excluding hydrogens is 276 g/mol. The third-order valence-corrected chi connectivity index (χ3v) is 4.03. The highest BCUT2D eigenvalue weighted by Gasteiger charge is 2.34. The van der Waals surface area contributed by atoms with E-state index in [4.69, 9.17) is 5.11 Å². The van der Waals surface area contributed by atoms with Crippen LogP contribution in [0, 0.1) is 5.92 Å². The Morgan fingerprint density at radius 3 is 2.75 bits per heavy atom. The number of anilines is 1. The maximum absolute atomic E-state index is 12.0. The predicted octanol–water partition coefficient (Wildman–Crippen LogP) is 0.870. The lowest BCUT2D eigenvalue weighted by Crippen LogP contribution is -2.34. The van der Waals surface area contributed by atoms with Crippen LogP contribution >= 0.6 is 11.8 Å². The van der Waals surface area contributed by atoms with Crippen LogP contribution in [0.3, 0.4) is 0 Å². The second-order valence-electron chi connectivity index (χ2n) is 4.62. The number of rotatable bonds is 5. The van der Waals surface area contributed by atoms with Gasteiger partial charge in [0, 0.05) is 30.1 Å². The first-order valence-electron chi connectivity index (χ1n) is 6.48. The molecule has 5 nitrogen and oxygen atoms in total. The number of thioether (sulfide) groups is 1. The van der Waals surface area contributed by atoms with Crippen LogP contribution in [0.25, 0.3) is 0 Å². The third kappa shape index (κ3) is 3.32. The molecule has 1 atom stereocenters. The minimum atomic E-state index is -0.339. The lowest BCUT2D eigenvalue weighted by atomic mass is 10.1. The monoisotopic (exact) mass is 294 g/mol. The summed E-state index contributed by atoms with van der Waals surface area (Å²) in [5.74, 6) is -0.545. The molecular formula is C14H18N2O3S. The Labute approximate surface area is 122 Å². The Hall–Kier alpha value is -1.53. The lowest BCUT2D eigenvalue weighted by molar-refractivity contribution is -0.126. The molecule has 6 heteroatoms. The highest BCUT2D eigenvalue weighted by atomic mass is 32.2. The van der Waals surface area contributed by atoms with Crippen molar-refractivity contribution in [1.82, 2.24) is 5.32 Å². The van der Waals surface area contributed by atoms with E-state index in [0.717, 1.165) is 10.6 Å². The molecule has 1 aliphatic heterocycles. The summed E-state index contributed by atoms with van der Waals surface area (Å²) in [5, 5.41) is 11.3. The average Bonchev–Trinajstić information content (AvgIpc) is 2.87. The quantitative estimate of drug-likeness (QED) is 0.791. The molecule has 0 aliphatic carbocycles. The number of hydrogen-bond acceptors (Lipinski definition) is 4. The second-order valence-corrected chi connectivity index (χ2v) is 5.50. The van der Waals surface area contributed by atoms with Gasteiger partial charge in [0.1, 0.15) is 0 Å². The molecule has 2 amide bonds. The molecule has 0 spiro atoms. The van der Waals surface area contributed by atoms with Crippen molar-refractivity contribution in [3.63, 3.8) is 0 Å². The summed E-state index contributed by atoms with van der Waals surface area (Å²) >= 11 is 1.64. The van der Waals surface area contributed by atoms with Crippen LogP contribution in [0.15, 0.2) is 29.2 Å². The predicted molar refractivity (Wildman–Crippen MR) is 78.8 cm³/mol. The number of aliphatic hydroxyl groups excluding tert-OH is 1. The molecule has 0 aromatic heterocycles. The molecule has 1 unspecified atom stereocenters. The van der Waals surface area contributed by atoms with Crippen molar-refractivity contribution in [1.29, 1.82) is 0 Å². The first-order chi connectivity index (χ1) is 9.65. The van der Waals surface area contributed by atoms with E-state index >= 15 is 0 Å². The van der Waals surface area contributed by atoms with Gasteiger partial charge in [-0.3, -0.25) is 9.59 Å². The molecule has 0 saturated carbocycles. The van der Waals surface area contributed by atoms with Crippen LogP contribution in [0.1, 0.15) is 6.42 Å². The van der Waals surface area contributed by atoms with Gasteiger partial charge in [0.15, 0.2) is 0 Å². The van der Waals surface area contributed by atoms with Crippen molar-refractivity contribution in [2.24, 2.45) is 5.92 Å². The summed E-state index contributed by atoms with van der Waals surface area (Å²) < 4.78 is 0. The number of hydrogen-bond donors (Lipinski definition) is 2. The number of nitrogens with zero attached hydrogens (tertiary/aromatic N) is 1. The average molecular weight is 294 g/mol. The fraction of sp³-hybridized carbons (Fsp3) is 0.429. The van der Waals surface area contributed by atoms with Crippen molar-refractivity contribution in [2.45, 2.75) is 11.3 Å². The van der Waals surface area contributed by atoms with Crippen molar-refractivity contribution in [2.75, 3.05) is 30.9 Å². The molecule has 2 rings (SSSR count). The molecule has 108 valence electrons. The van der Waals surface area contributed by atoms with Gasteiger partial charge in [0.2, 0.25) is 11.8 Å². The number of aliphatic hydroxyl groups is 1. The standard InChI is InChI=1S/C14H18N2O3S/c1-20-12-4-2-11(3-5-12)16-9-10(8-13(16)18)14(19)15-6-7-17/h2-5,10,17H,6-9H2,1H3,(H,15,19). The van der Waals surface area contributed by atoms with Crippen molar-refractivity contribution >= 4 is 29.3 Å². The van der Waals surface area contributed by atoms with Gasteiger partial charge in [-0.25, -0.2) is 0 Å². The highest BCUT2D eigenvalue weighted by molar-refractivity contribution is 7.98. The van der Waals surface area contributed by atoms with E-state index in [1.807, 2.05) is 30.5 Å². The minimum Gasteiger partial charge on any atom is -0.395 e. The molecule has 1 aromatic carbocycles. The second kappa shape index (κ2) is 6.76. The first-order valence-corrected chi connectivity index (χ1v) is 7.71. The molecule has 1 heterocycles. The van der Waals surface area contributed by atoms with E-state index in [1.165, 1.54) is 0 Å². The number of amides is 2. The van der Waals surface area contributed by atoms with Gasteiger partial charge in [-0.2, -0.15) is 0 Å². The normalized spacial score (nSPS) is 18.4. The van der Waals surface area contributed by atoms with E-state index in [2.05, 4.69) is 5.32 Å². The Kier molecular flexibility index (Phi) is 5.03. The molecule has 1 aliphatic rings. The third-order valence-electron chi connectivity index (χ3n) is 3.29. The number of nitrogens with one attached hydrogen (secondary N) is 1. The fourth-order valence-electron chi connectivity index (χ4n) is 2.22. The Balaban J connectivity index is 2.03. The highest BCUT2D eigenvalue weighted by Crippen LogP contribution is 2.27. The Morgan fingerprint density at radius 1 is 1.45 bits per heavy atom. The molecule has 2 N–H and O–H groups in total. The Morgan fingerprint density at radius 2 is 2.15 bits per heavy atom. The van der Waals surface area contributed by atoms with Gasteiger partial charge >= 0.3 is 0 Å². The SMILES string of the molecule is CSc1ccc(N2CC(C(=O)NCCO)CC2=O)cc1. The molecule has 0 radical (unpaired) electrons. The Bertz CT molecular complexity index is 490. The van der Waals surface area contributed by atoms with Gasteiger partial charge in [-0.05, 0) is 30.5 Å². The van der Waals surface area contributed by atoms with Crippen LogP contribution in [-0.2, 0) is 9.59 Å². The zero-order valence-corrected chi connectivity index (χ0v) is 12.2. The summed E-state index contributed by atoms with van der Waals surface area (Å²) in [7, 11) is 0. The van der Waals surface area contributed by atoms with E-state index in [1.54, 1.807) is 16.7 Å². The zero-order chi connectivity index (χ0) is 14.5. The maximum Gasteiger partial charge on any atom is 0.227 e. The van der Waals surface area contributed by atoms with Crippen LogP contribution in [0.5, 0.6) is 0 Å². The van der Waals surface area contributed by atoms with Crippen molar-refractivity contribution in [3.05, 3.63) is 24.3 Å². The summed E-state index contributed by atoms with van der Waals surface area (Å²) in [4.78, 5) is 26.6. The van der Waals surface area contributed by atoms with E-state index in [0.29, 0.717) is 6.54 Å². The van der Waals surface area contributed by atoms with Gasteiger partial charge < -0.3 is 15.3 Å². The lowest BCUT2D eigenvalue weighted by Gasteiger charge is -2.17. The number of benzene rings is 1. The minimum absolute atomic E-state index is 0.0361. The zero-order valence-electron chi connectivity index (χ0n) is 11.3. The summed E-state index contributed by atoms with van der Waals surface area (Å²) in [6.07, 6.45) is 2.22. The molecule has 0 bridgehead atoms. The fourth-order valence-corrected chi connectivity index (χ4v) is 2.63. The maximum atomic E-state index is 12.0. The summed E-state index contributed by atoms with van der Waals surface area (Å²) in [6.45, 7) is 0.535. The molecule has 1 aromatic rings. The van der Waals surface area contributed by atoms with Gasteiger partial charge in [-0.1, -0.05) is 0 Å². The molecule has 1 saturated heterocycles. The van der Waals surface area contributed by atoms with Gasteiger partial charge in [0.05, 0.1) is 12.5 Å². The molecule has 1 fully saturated rings. The van der Waals surface area contributed by atoms with Crippen LogP contribution in [-0.4, -0.2) is 42.9 Å². The van der Waals surface area contributed by atoms with Crippen LogP contribution < -0.4 is 10.2 Å². The molecule has 20 heavy (non-hydrogen) atoms. The smallest absolute Gasteiger partial charge is 0.227 e.